The number of nitrogens with zero attached hydrogens (tertiary/aromatic N) is 3. The number of nitrogens with one attached hydrogen (secondary N) is 1. The number of amides is 2. The number of anilines is 1. The van der Waals surface area contributed by atoms with Gasteiger partial charge in [0.15, 0.2) is 0 Å². The van der Waals surface area contributed by atoms with Crippen LogP contribution in [0.5, 0.6) is 5.75 Å². The number of aromatic nitrogens is 1. The molecular formula is C30H42N4O4. The minimum Gasteiger partial charge on any atom is -0.488 e. The lowest BCUT2D eigenvalue weighted by Crippen LogP contribution is -2.48. The number of carbonyl (C=O) groups is 2. The Balaban J connectivity index is 1.57. The first-order valence-electron chi connectivity index (χ1n) is 13.9. The zero-order chi connectivity index (χ0) is 27.1. The van der Waals surface area contributed by atoms with Crippen LogP contribution in [-0.2, 0) is 11.2 Å². The van der Waals surface area contributed by atoms with Crippen LogP contribution in [0.2, 0.25) is 0 Å². The molecule has 0 spiro atoms. The third kappa shape index (κ3) is 7.32. The van der Waals surface area contributed by atoms with Crippen LogP contribution >= 0.6 is 0 Å². The summed E-state index contributed by atoms with van der Waals surface area (Å²) in [6, 6.07) is 8.53. The summed E-state index contributed by atoms with van der Waals surface area (Å²) in [6.07, 6.45) is 9.73. The average molecular weight is 523 g/mol. The largest absolute Gasteiger partial charge is 0.488 e. The number of pyridine rings is 1. The van der Waals surface area contributed by atoms with E-state index in [2.05, 4.69) is 29.2 Å². The van der Waals surface area contributed by atoms with Crippen LogP contribution in [-0.4, -0.2) is 77.1 Å². The molecule has 206 valence electrons. The van der Waals surface area contributed by atoms with Gasteiger partial charge >= 0.3 is 0 Å². The lowest BCUT2D eigenvalue weighted by atomic mass is 9.89. The number of benzene rings is 1. The number of aliphatic hydroxyl groups is 1. The van der Waals surface area contributed by atoms with Crippen molar-refractivity contribution in [2.75, 3.05) is 38.6 Å². The molecule has 2 heterocycles. The summed E-state index contributed by atoms with van der Waals surface area (Å²) >= 11 is 0. The lowest BCUT2D eigenvalue weighted by Gasteiger charge is -2.35. The van der Waals surface area contributed by atoms with E-state index in [4.69, 9.17) is 4.74 Å². The summed E-state index contributed by atoms with van der Waals surface area (Å²) in [5, 5.41) is 12.8. The molecule has 0 radical (unpaired) electrons. The Hall–Kier alpha value is -2.97. The Labute approximate surface area is 226 Å². The molecule has 8 nitrogen and oxygen atoms in total. The molecule has 1 aliphatic heterocycles. The summed E-state index contributed by atoms with van der Waals surface area (Å²) in [7, 11) is 2.16. The number of hydrogen-bond acceptors (Lipinski definition) is 6. The number of likely N-dealkylation sites (N-methyl/N-ethyl adjacent to an activating group) is 1. The van der Waals surface area contributed by atoms with Crippen molar-refractivity contribution < 1.29 is 19.4 Å². The molecule has 38 heavy (non-hydrogen) atoms. The zero-order valence-electron chi connectivity index (χ0n) is 22.9. The van der Waals surface area contributed by atoms with Crippen LogP contribution in [0.15, 0.2) is 42.7 Å². The number of carbonyl (C=O) groups excluding carboxylic acids is 2. The van der Waals surface area contributed by atoms with E-state index < -0.39 is 0 Å². The minimum atomic E-state index is -0.290. The van der Waals surface area contributed by atoms with Gasteiger partial charge in [-0.3, -0.25) is 14.6 Å². The summed E-state index contributed by atoms with van der Waals surface area (Å²) in [5.41, 5.74) is 1.84. The maximum absolute atomic E-state index is 13.4. The van der Waals surface area contributed by atoms with Gasteiger partial charge in [0.25, 0.3) is 5.91 Å². The summed E-state index contributed by atoms with van der Waals surface area (Å²) in [5.74, 6) is 1.17. The molecule has 0 bridgehead atoms. The molecule has 1 aromatic heterocycles. The highest BCUT2D eigenvalue weighted by atomic mass is 16.5. The Bertz CT molecular complexity index is 1070. The normalized spacial score (nSPS) is 21.6. The first-order chi connectivity index (χ1) is 18.3. The molecular weight excluding hydrogens is 480 g/mol. The number of fused-ring (bicyclic) bond motifs is 1. The molecule has 2 amide bonds. The van der Waals surface area contributed by atoms with Crippen molar-refractivity contribution in [2.45, 2.75) is 64.5 Å². The van der Waals surface area contributed by atoms with Gasteiger partial charge in [0.2, 0.25) is 5.91 Å². The Kier molecular flexibility index (Phi) is 9.74. The van der Waals surface area contributed by atoms with Crippen LogP contribution in [0.4, 0.5) is 5.69 Å². The standard InChI is InChI=1S/C30H42N4O4/c1-21-17-34(22(2)20-35)29(36)16-25-15-26(32-30(37)24-11-13-31-14-12-24)9-10-27(25)38-28(21)19-33(3)18-23-7-5-4-6-8-23/h9-15,21-23,28,35H,4-8,16-20H2,1-3H3,(H,32,37)/t21-,22+,28+/m1/s1. The highest BCUT2D eigenvalue weighted by Gasteiger charge is 2.31. The molecule has 2 aliphatic rings. The third-order valence-electron chi connectivity index (χ3n) is 7.90. The molecule has 1 saturated carbocycles. The highest BCUT2D eigenvalue weighted by Crippen LogP contribution is 2.30. The first kappa shape index (κ1) is 28.0. The van der Waals surface area contributed by atoms with Gasteiger partial charge in [-0.05, 0) is 63.1 Å². The number of ether oxygens (including phenoxy) is 1. The molecule has 3 atom stereocenters. The van der Waals surface area contributed by atoms with Crippen LogP contribution in [0.1, 0.15) is 61.9 Å². The van der Waals surface area contributed by atoms with E-state index in [1.54, 1.807) is 29.4 Å². The molecule has 1 aliphatic carbocycles. The van der Waals surface area contributed by atoms with Crippen molar-refractivity contribution in [3.05, 3.63) is 53.9 Å². The monoisotopic (exact) mass is 522 g/mol. The maximum atomic E-state index is 13.4. The molecule has 2 N–H and O–H groups in total. The van der Waals surface area contributed by atoms with Crippen molar-refractivity contribution in [2.24, 2.45) is 11.8 Å². The van der Waals surface area contributed by atoms with Gasteiger partial charge in [0.05, 0.1) is 19.1 Å². The predicted molar refractivity (Wildman–Crippen MR) is 148 cm³/mol. The molecule has 8 heteroatoms. The van der Waals surface area contributed by atoms with Gasteiger partial charge < -0.3 is 25.0 Å². The van der Waals surface area contributed by atoms with Gasteiger partial charge in [-0.15, -0.1) is 0 Å². The topological polar surface area (TPSA) is 95.0 Å². The van der Waals surface area contributed by atoms with Crippen molar-refractivity contribution in [3.63, 3.8) is 0 Å². The maximum Gasteiger partial charge on any atom is 0.255 e. The quantitative estimate of drug-likeness (QED) is 0.544. The second kappa shape index (κ2) is 13.2. The predicted octanol–water partition coefficient (Wildman–Crippen LogP) is 4.00. The summed E-state index contributed by atoms with van der Waals surface area (Å²) in [6.45, 7) is 6.22. The fourth-order valence-electron chi connectivity index (χ4n) is 5.62. The van der Waals surface area contributed by atoms with Crippen LogP contribution in [0.25, 0.3) is 0 Å². The molecule has 1 fully saturated rings. The lowest BCUT2D eigenvalue weighted by molar-refractivity contribution is -0.134. The SMILES string of the molecule is C[C@@H]1CN([C@@H](C)CO)C(=O)Cc2cc(NC(=O)c3ccncc3)ccc2O[C@H]1CN(C)CC1CCCCC1. The van der Waals surface area contributed by atoms with E-state index in [0.717, 1.165) is 24.6 Å². The van der Waals surface area contributed by atoms with Crippen LogP contribution in [0, 0.1) is 11.8 Å². The third-order valence-corrected chi connectivity index (χ3v) is 7.90. The summed E-state index contributed by atoms with van der Waals surface area (Å²) < 4.78 is 6.64. The fraction of sp³-hybridized carbons (Fsp3) is 0.567. The Morgan fingerprint density at radius 3 is 2.63 bits per heavy atom. The van der Waals surface area contributed by atoms with Gasteiger partial charge in [-0.25, -0.2) is 0 Å². The van der Waals surface area contributed by atoms with Crippen LogP contribution < -0.4 is 10.1 Å². The second-order valence-corrected chi connectivity index (χ2v) is 11.1. The smallest absolute Gasteiger partial charge is 0.255 e. The van der Waals surface area contributed by atoms with Crippen LogP contribution in [0.3, 0.4) is 0 Å². The van der Waals surface area contributed by atoms with E-state index in [0.29, 0.717) is 23.5 Å². The Morgan fingerprint density at radius 2 is 1.92 bits per heavy atom. The first-order valence-corrected chi connectivity index (χ1v) is 13.9. The molecule has 4 rings (SSSR count). The minimum absolute atomic E-state index is 0.0583. The van der Waals surface area contributed by atoms with Gasteiger partial charge in [0, 0.05) is 54.8 Å². The van der Waals surface area contributed by atoms with Gasteiger partial charge in [-0.2, -0.15) is 0 Å². The van der Waals surface area contributed by atoms with Gasteiger partial charge in [-0.1, -0.05) is 26.2 Å². The van der Waals surface area contributed by atoms with Crippen molar-refractivity contribution >= 4 is 17.5 Å². The van der Waals surface area contributed by atoms with E-state index >= 15 is 0 Å². The van der Waals surface area contributed by atoms with E-state index in [-0.39, 0.29) is 42.9 Å². The average Bonchev–Trinajstić information content (AvgIpc) is 2.97. The van der Waals surface area contributed by atoms with E-state index in [1.165, 1.54) is 32.1 Å². The van der Waals surface area contributed by atoms with Gasteiger partial charge in [0.1, 0.15) is 11.9 Å². The molecule has 0 unspecified atom stereocenters. The fourth-order valence-corrected chi connectivity index (χ4v) is 5.62. The van der Waals surface area contributed by atoms with E-state index in [1.807, 2.05) is 25.1 Å². The van der Waals surface area contributed by atoms with Crippen molar-refractivity contribution in [3.8, 4) is 5.75 Å². The molecule has 2 aromatic rings. The number of rotatable bonds is 8. The van der Waals surface area contributed by atoms with E-state index in [9.17, 15) is 14.7 Å². The zero-order valence-corrected chi connectivity index (χ0v) is 22.9. The number of hydrogen-bond donors (Lipinski definition) is 2. The van der Waals surface area contributed by atoms with Crippen molar-refractivity contribution in [1.29, 1.82) is 0 Å². The molecule has 0 saturated heterocycles. The number of aliphatic hydroxyl groups excluding tert-OH is 1. The highest BCUT2D eigenvalue weighted by molar-refractivity contribution is 6.04. The Morgan fingerprint density at radius 1 is 1.18 bits per heavy atom. The second-order valence-electron chi connectivity index (χ2n) is 11.1. The summed E-state index contributed by atoms with van der Waals surface area (Å²) in [4.78, 5) is 34.3. The van der Waals surface area contributed by atoms with Crippen molar-refractivity contribution in [1.82, 2.24) is 14.8 Å². The molecule has 1 aromatic carbocycles.